The molecule has 3 N–H and O–H groups in total. The molecule has 7 nitrogen and oxygen atoms in total. The molecule has 2 aliphatic heterocycles. The first-order chi connectivity index (χ1) is 15.6. The van der Waals surface area contributed by atoms with Crippen LogP contribution in [-0.4, -0.2) is 33.2 Å². The zero-order valence-corrected chi connectivity index (χ0v) is 17.2. The highest BCUT2D eigenvalue weighted by atomic mass is 19.1. The number of rotatable bonds is 5. The number of hydrogen-bond donors (Lipinski definition) is 3. The molecule has 8 heteroatoms. The highest BCUT2D eigenvalue weighted by molar-refractivity contribution is 5.80. The summed E-state index contributed by atoms with van der Waals surface area (Å²) in [6.45, 7) is 0.477. The molecule has 1 fully saturated rings. The summed E-state index contributed by atoms with van der Waals surface area (Å²) in [6, 6.07) is 12.6. The average molecular weight is 434 g/mol. The van der Waals surface area contributed by atoms with Gasteiger partial charge in [-0.15, -0.1) is 0 Å². The Morgan fingerprint density at radius 3 is 2.75 bits per heavy atom. The van der Waals surface area contributed by atoms with Crippen LogP contribution in [0.2, 0.25) is 0 Å². The number of benzene rings is 1. The van der Waals surface area contributed by atoms with Crippen LogP contribution >= 0.6 is 0 Å². The Kier molecular flexibility index (Phi) is 5.32. The lowest BCUT2D eigenvalue weighted by Gasteiger charge is -2.28. The van der Waals surface area contributed by atoms with Gasteiger partial charge in [0.1, 0.15) is 5.82 Å². The van der Waals surface area contributed by atoms with E-state index in [0.717, 1.165) is 16.8 Å². The molecule has 1 saturated heterocycles. The van der Waals surface area contributed by atoms with Crippen LogP contribution in [0.1, 0.15) is 17.3 Å². The first kappa shape index (κ1) is 20.5. The molecule has 3 aromatic rings. The summed E-state index contributed by atoms with van der Waals surface area (Å²) in [7, 11) is 0. The molecular weight excluding hydrogens is 411 g/mol. The molecule has 4 heterocycles. The van der Waals surface area contributed by atoms with Crippen molar-refractivity contribution in [2.75, 3.05) is 6.61 Å². The minimum Gasteiger partial charge on any atom is -0.396 e. The summed E-state index contributed by atoms with van der Waals surface area (Å²) in [5.41, 5.74) is 2.69. The second kappa shape index (κ2) is 8.29. The van der Waals surface area contributed by atoms with Crippen LogP contribution in [0.3, 0.4) is 0 Å². The van der Waals surface area contributed by atoms with Crippen molar-refractivity contribution in [1.82, 2.24) is 20.2 Å². The second-order valence-corrected chi connectivity index (χ2v) is 8.30. The predicted octanol–water partition coefficient (Wildman–Crippen LogP) is 1.62. The number of aliphatic hydroxyl groups is 1. The molecule has 2 bridgehead atoms. The van der Waals surface area contributed by atoms with Gasteiger partial charge in [0.05, 0.1) is 12.0 Å². The maximum atomic E-state index is 13.3. The van der Waals surface area contributed by atoms with Gasteiger partial charge in [-0.25, -0.2) is 4.39 Å². The SMILES string of the molecule is O=C(NCc1ccc(F)cc1)[C@H]1[C@H](CO)[C@H]2Cn3c(ccc(-c4cccnc4)c3=O)[C@@H]1N2. The first-order valence-electron chi connectivity index (χ1n) is 10.6. The molecule has 1 aromatic carbocycles. The van der Waals surface area contributed by atoms with E-state index in [4.69, 9.17) is 0 Å². The van der Waals surface area contributed by atoms with E-state index in [0.29, 0.717) is 12.1 Å². The summed E-state index contributed by atoms with van der Waals surface area (Å²) < 4.78 is 14.8. The number of aromatic nitrogens is 2. The average Bonchev–Trinajstić information content (AvgIpc) is 3.12. The van der Waals surface area contributed by atoms with Crippen LogP contribution in [0.5, 0.6) is 0 Å². The van der Waals surface area contributed by atoms with Crippen molar-refractivity contribution >= 4 is 5.91 Å². The normalized spacial score (nSPS) is 23.6. The molecule has 0 saturated carbocycles. The maximum absolute atomic E-state index is 13.3. The van der Waals surface area contributed by atoms with Gasteiger partial charge in [-0.1, -0.05) is 18.2 Å². The standard InChI is InChI=1S/C24H23FN4O3/c25-16-5-3-14(4-6-16)10-27-23(31)21-18(13-30)19-12-29-20(22(21)28-19)8-7-17(24(29)32)15-2-1-9-26-11-15/h1-9,11,18-19,21-22,28,30H,10,12-13H2,(H,27,31)/t18-,19-,21+,22+/m1/s1. The molecule has 164 valence electrons. The molecule has 0 aliphatic carbocycles. The molecule has 1 amide bonds. The Hall–Kier alpha value is -3.36. The summed E-state index contributed by atoms with van der Waals surface area (Å²) in [6.07, 6.45) is 3.31. The number of amides is 1. The molecule has 32 heavy (non-hydrogen) atoms. The highest BCUT2D eigenvalue weighted by Gasteiger charge is 2.50. The van der Waals surface area contributed by atoms with Gasteiger partial charge in [0.2, 0.25) is 5.91 Å². The van der Waals surface area contributed by atoms with Gasteiger partial charge in [0, 0.05) is 60.9 Å². The van der Waals surface area contributed by atoms with E-state index in [1.165, 1.54) is 12.1 Å². The summed E-state index contributed by atoms with van der Waals surface area (Å²) >= 11 is 0. The Bertz CT molecular complexity index is 1200. The third kappa shape index (κ3) is 3.51. The monoisotopic (exact) mass is 434 g/mol. The van der Waals surface area contributed by atoms with Gasteiger partial charge in [0.15, 0.2) is 0 Å². The number of pyridine rings is 2. The van der Waals surface area contributed by atoms with Gasteiger partial charge in [-0.05, 0) is 35.9 Å². The third-order valence-corrected chi connectivity index (χ3v) is 6.50. The van der Waals surface area contributed by atoms with Gasteiger partial charge in [-0.3, -0.25) is 14.6 Å². The van der Waals surface area contributed by atoms with E-state index in [9.17, 15) is 19.1 Å². The first-order valence-corrected chi connectivity index (χ1v) is 10.6. The Balaban J connectivity index is 1.44. The van der Waals surface area contributed by atoms with Crippen molar-refractivity contribution in [1.29, 1.82) is 0 Å². The molecule has 0 spiro atoms. The number of aliphatic hydroxyl groups excluding tert-OH is 1. The topological polar surface area (TPSA) is 96.2 Å². The lowest BCUT2D eigenvalue weighted by atomic mass is 9.86. The van der Waals surface area contributed by atoms with Gasteiger partial charge >= 0.3 is 0 Å². The molecule has 0 unspecified atom stereocenters. The van der Waals surface area contributed by atoms with Crippen molar-refractivity contribution in [3.8, 4) is 11.1 Å². The van der Waals surface area contributed by atoms with Crippen molar-refractivity contribution in [3.05, 3.63) is 88.4 Å². The van der Waals surface area contributed by atoms with Crippen LogP contribution in [0, 0.1) is 17.7 Å². The number of halogens is 1. The van der Waals surface area contributed by atoms with Crippen LogP contribution < -0.4 is 16.2 Å². The fourth-order valence-corrected chi connectivity index (χ4v) is 4.90. The number of nitrogens with one attached hydrogen (secondary N) is 2. The van der Waals surface area contributed by atoms with Crippen LogP contribution in [0.4, 0.5) is 4.39 Å². The van der Waals surface area contributed by atoms with Crippen LogP contribution in [-0.2, 0) is 17.9 Å². The summed E-state index contributed by atoms with van der Waals surface area (Å²) in [5, 5.41) is 16.4. The summed E-state index contributed by atoms with van der Waals surface area (Å²) in [5.74, 6) is -1.38. The van der Waals surface area contributed by atoms with Gasteiger partial charge < -0.3 is 20.3 Å². The van der Waals surface area contributed by atoms with E-state index < -0.39 is 5.92 Å². The Morgan fingerprint density at radius 1 is 1.22 bits per heavy atom. The number of nitrogens with zero attached hydrogens (tertiary/aromatic N) is 2. The fraction of sp³-hybridized carbons (Fsp3) is 0.292. The second-order valence-electron chi connectivity index (χ2n) is 8.30. The highest BCUT2D eigenvalue weighted by Crippen LogP contribution is 2.41. The molecule has 2 aliphatic rings. The van der Waals surface area contributed by atoms with Gasteiger partial charge in [0.25, 0.3) is 5.56 Å². The number of fused-ring (bicyclic) bond motifs is 4. The van der Waals surface area contributed by atoms with Crippen molar-refractivity contribution in [3.63, 3.8) is 0 Å². The number of carbonyl (C=O) groups excluding carboxylic acids is 1. The third-order valence-electron chi connectivity index (χ3n) is 6.50. The zero-order chi connectivity index (χ0) is 22.2. The van der Waals surface area contributed by atoms with Crippen molar-refractivity contribution in [2.45, 2.75) is 25.2 Å². The van der Waals surface area contributed by atoms with Crippen molar-refractivity contribution in [2.24, 2.45) is 11.8 Å². The van der Waals surface area contributed by atoms with Gasteiger partial charge in [-0.2, -0.15) is 0 Å². The van der Waals surface area contributed by atoms with Crippen molar-refractivity contribution < 1.29 is 14.3 Å². The van der Waals surface area contributed by atoms with E-state index in [1.54, 1.807) is 41.2 Å². The largest absolute Gasteiger partial charge is 0.396 e. The van der Waals surface area contributed by atoms with E-state index in [2.05, 4.69) is 15.6 Å². The minimum atomic E-state index is -0.525. The predicted molar refractivity (Wildman–Crippen MR) is 116 cm³/mol. The number of hydrogen-bond acceptors (Lipinski definition) is 5. The lowest BCUT2D eigenvalue weighted by Crippen LogP contribution is -2.43. The molecular formula is C24H23FN4O3. The molecule has 4 atom stereocenters. The van der Waals surface area contributed by atoms with E-state index >= 15 is 0 Å². The molecule has 0 radical (unpaired) electrons. The van der Waals surface area contributed by atoms with E-state index in [1.807, 2.05) is 12.1 Å². The van der Waals surface area contributed by atoms with Crippen LogP contribution in [0.15, 0.2) is 65.7 Å². The summed E-state index contributed by atoms with van der Waals surface area (Å²) in [4.78, 5) is 30.5. The quantitative estimate of drug-likeness (QED) is 0.567. The Labute approximate surface area is 183 Å². The minimum absolute atomic E-state index is 0.129. The maximum Gasteiger partial charge on any atom is 0.258 e. The van der Waals surface area contributed by atoms with Crippen LogP contribution in [0.25, 0.3) is 11.1 Å². The zero-order valence-electron chi connectivity index (χ0n) is 17.2. The fourth-order valence-electron chi connectivity index (χ4n) is 4.90. The number of carbonyl (C=O) groups is 1. The smallest absolute Gasteiger partial charge is 0.258 e. The lowest BCUT2D eigenvalue weighted by molar-refractivity contribution is -0.127. The molecule has 5 rings (SSSR count). The molecule has 2 aromatic heterocycles. The Morgan fingerprint density at radius 2 is 2.03 bits per heavy atom. The van der Waals surface area contributed by atoms with E-state index in [-0.39, 0.29) is 48.4 Å².